The molecule has 1 atom stereocenters. The molecular formula is C16H13FN2O2. The summed E-state index contributed by atoms with van der Waals surface area (Å²) >= 11 is 0. The van der Waals surface area contributed by atoms with Gasteiger partial charge in [-0.25, -0.2) is 9.29 Å². The van der Waals surface area contributed by atoms with Crippen molar-refractivity contribution in [2.75, 3.05) is 10.2 Å². The zero-order chi connectivity index (χ0) is 14.8. The molecule has 1 aliphatic heterocycles. The first-order valence-corrected chi connectivity index (χ1v) is 6.59. The first-order chi connectivity index (χ1) is 10.1. The molecule has 21 heavy (non-hydrogen) atoms. The van der Waals surface area contributed by atoms with Crippen LogP contribution in [0.2, 0.25) is 0 Å². The van der Waals surface area contributed by atoms with E-state index in [0.29, 0.717) is 11.4 Å². The van der Waals surface area contributed by atoms with Crippen molar-refractivity contribution in [1.82, 2.24) is 0 Å². The summed E-state index contributed by atoms with van der Waals surface area (Å²) in [5.74, 6) is -0.979. The highest BCUT2D eigenvalue weighted by Gasteiger charge is 2.39. The van der Waals surface area contributed by atoms with Gasteiger partial charge in [0.2, 0.25) is 5.91 Å². The number of hydrogen-bond donors (Lipinski definition) is 1. The normalized spacial score (nSPS) is 18.1. The summed E-state index contributed by atoms with van der Waals surface area (Å²) < 4.78 is 13.2. The van der Waals surface area contributed by atoms with Gasteiger partial charge in [-0.1, -0.05) is 24.3 Å². The summed E-state index contributed by atoms with van der Waals surface area (Å²) in [4.78, 5) is 25.6. The van der Waals surface area contributed by atoms with Crippen molar-refractivity contribution < 1.29 is 14.0 Å². The van der Waals surface area contributed by atoms with Crippen LogP contribution in [0.15, 0.2) is 54.6 Å². The first kappa shape index (κ1) is 13.3. The maximum Gasteiger partial charge on any atom is 0.256 e. The minimum atomic E-state index is -0.667. The number of anilines is 2. The van der Waals surface area contributed by atoms with Gasteiger partial charge >= 0.3 is 0 Å². The SMILES string of the molecule is O=C1C[C@@H](Nc2cccc(F)c2)C(=O)N1c1ccccc1. The van der Waals surface area contributed by atoms with E-state index in [4.69, 9.17) is 0 Å². The average molecular weight is 284 g/mol. The summed E-state index contributed by atoms with van der Waals surface area (Å²) in [6, 6.07) is 13.9. The van der Waals surface area contributed by atoms with Gasteiger partial charge in [0.15, 0.2) is 0 Å². The Morgan fingerprint density at radius 2 is 1.81 bits per heavy atom. The zero-order valence-corrected chi connectivity index (χ0v) is 11.1. The highest BCUT2D eigenvalue weighted by Crippen LogP contribution is 2.24. The number of carbonyl (C=O) groups is 2. The maximum absolute atomic E-state index is 13.2. The van der Waals surface area contributed by atoms with E-state index in [1.165, 1.54) is 12.1 Å². The van der Waals surface area contributed by atoms with Gasteiger partial charge < -0.3 is 5.32 Å². The van der Waals surface area contributed by atoms with Crippen LogP contribution < -0.4 is 10.2 Å². The van der Waals surface area contributed by atoms with Gasteiger partial charge in [-0.05, 0) is 30.3 Å². The van der Waals surface area contributed by atoms with Crippen molar-refractivity contribution in [3.05, 3.63) is 60.4 Å². The number of amides is 2. The molecule has 1 aliphatic rings. The molecule has 4 nitrogen and oxygen atoms in total. The van der Waals surface area contributed by atoms with Crippen LogP contribution in [0.5, 0.6) is 0 Å². The summed E-state index contributed by atoms with van der Waals surface area (Å²) in [5, 5.41) is 2.91. The fourth-order valence-corrected chi connectivity index (χ4v) is 2.37. The number of carbonyl (C=O) groups excluding carboxylic acids is 2. The predicted molar refractivity (Wildman–Crippen MR) is 77.4 cm³/mol. The molecule has 0 aliphatic carbocycles. The molecule has 5 heteroatoms. The standard InChI is InChI=1S/C16H13FN2O2/c17-11-5-4-6-12(9-11)18-14-10-15(20)19(16(14)21)13-7-2-1-3-8-13/h1-9,14,18H,10H2/t14-/m1/s1. The predicted octanol–water partition coefficient (Wildman–Crippen LogP) is 2.57. The van der Waals surface area contributed by atoms with Gasteiger partial charge in [0.25, 0.3) is 5.91 Å². The Hall–Kier alpha value is -2.69. The van der Waals surface area contributed by atoms with Gasteiger partial charge in [-0.2, -0.15) is 0 Å². The second kappa shape index (κ2) is 5.36. The molecule has 2 amide bonds. The summed E-state index contributed by atoms with van der Waals surface area (Å²) in [7, 11) is 0. The number of rotatable bonds is 3. The Bertz CT molecular complexity index is 688. The van der Waals surface area contributed by atoms with Crippen LogP contribution in [0.4, 0.5) is 15.8 Å². The molecule has 0 unspecified atom stereocenters. The smallest absolute Gasteiger partial charge is 0.256 e. The van der Waals surface area contributed by atoms with Gasteiger partial charge in [0, 0.05) is 5.69 Å². The molecule has 2 aromatic carbocycles. The molecule has 0 aromatic heterocycles. The third-order valence-electron chi connectivity index (χ3n) is 3.33. The van der Waals surface area contributed by atoms with Crippen molar-refractivity contribution >= 4 is 23.2 Å². The van der Waals surface area contributed by atoms with E-state index in [1.807, 2.05) is 6.07 Å². The summed E-state index contributed by atoms with van der Waals surface area (Å²) in [6.45, 7) is 0. The van der Waals surface area contributed by atoms with Crippen molar-refractivity contribution in [1.29, 1.82) is 0 Å². The zero-order valence-electron chi connectivity index (χ0n) is 11.1. The fraction of sp³-hybridized carbons (Fsp3) is 0.125. The molecule has 1 heterocycles. The molecule has 1 fully saturated rings. The number of para-hydroxylation sites is 1. The van der Waals surface area contributed by atoms with Gasteiger partial charge in [0.05, 0.1) is 12.1 Å². The number of benzene rings is 2. The quantitative estimate of drug-likeness (QED) is 0.881. The van der Waals surface area contributed by atoms with Crippen molar-refractivity contribution in [2.45, 2.75) is 12.5 Å². The van der Waals surface area contributed by atoms with Crippen molar-refractivity contribution in [3.8, 4) is 0 Å². The topological polar surface area (TPSA) is 49.4 Å². The Morgan fingerprint density at radius 3 is 2.52 bits per heavy atom. The fourth-order valence-electron chi connectivity index (χ4n) is 2.37. The van der Waals surface area contributed by atoms with E-state index in [-0.39, 0.29) is 18.2 Å². The van der Waals surface area contributed by atoms with Crippen LogP contribution in [-0.4, -0.2) is 17.9 Å². The number of hydrogen-bond acceptors (Lipinski definition) is 3. The lowest BCUT2D eigenvalue weighted by atomic mass is 10.2. The molecule has 2 aromatic rings. The lowest BCUT2D eigenvalue weighted by molar-refractivity contribution is -0.121. The third-order valence-corrected chi connectivity index (χ3v) is 3.33. The van der Waals surface area contributed by atoms with Crippen LogP contribution >= 0.6 is 0 Å². The average Bonchev–Trinajstić information content (AvgIpc) is 2.74. The van der Waals surface area contributed by atoms with E-state index >= 15 is 0 Å². The lowest BCUT2D eigenvalue weighted by Crippen LogP contribution is -2.34. The summed E-state index contributed by atoms with van der Waals surface area (Å²) in [5.41, 5.74) is 1.03. The minimum Gasteiger partial charge on any atom is -0.373 e. The molecule has 3 rings (SSSR count). The van der Waals surface area contributed by atoms with Crippen LogP contribution in [0, 0.1) is 5.82 Å². The highest BCUT2D eigenvalue weighted by molar-refractivity contribution is 6.23. The number of imide groups is 1. The van der Waals surface area contributed by atoms with Crippen molar-refractivity contribution in [3.63, 3.8) is 0 Å². The van der Waals surface area contributed by atoms with Gasteiger partial charge in [0.1, 0.15) is 11.9 Å². The maximum atomic E-state index is 13.2. The molecule has 106 valence electrons. The Balaban J connectivity index is 1.81. The number of nitrogens with zero attached hydrogens (tertiary/aromatic N) is 1. The van der Waals surface area contributed by atoms with E-state index in [2.05, 4.69) is 5.32 Å². The molecule has 0 spiro atoms. The van der Waals surface area contributed by atoms with E-state index in [1.54, 1.807) is 36.4 Å². The van der Waals surface area contributed by atoms with Crippen LogP contribution in [-0.2, 0) is 9.59 Å². The number of nitrogens with one attached hydrogen (secondary N) is 1. The Labute approximate surface area is 121 Å². The second-order valence-electron chi connectivity index (χ2n) is 4.81. The largest absolute Gasteiger partial charge is 0.373 e. The van der Waals surface area contributed by atoms with Gasteiger partial charge in [-0.15, -0.1) is 0 Å². The Morgan fingerprint density at radius 1 is 1.05 bits per heavy atom. The summed E-state index contributed by atoms with van der Waals surface area (Å²) in [6.07, 6.45) is 0.0598. The second-order valence-corrected chi connectivity index (χ2v) is 4.81. The molecule has 0 bridgehead atoms. The lowest BCUT2D eigenvalue weighted by Gasteiger charge is -2.16. The van der Waals surface area contributed by atoms with Crippen LogP contribution in [0.1, 0.15) is 6.42 Å². The minimum absolute atomic E-state index is 0.0598. The monoisotopic (exact) mass is 284 g/mol. The van der Waals surface area contributed by atoms with Gasteiger partial charge in [-0.3, -0.25) is 9.59 Å². The molecule has 1 saturated heterocycles. The molecule has 0 radical (unpaired) electrons. The Kier molecular flexibility index (Phi) is 3.39. The highest BCUT2D eigenvalue weighted by atomic mass is 19.1. The third kappa shape index (κ3) is 2.63. The number of halogens is 1. The molecule has 0 saturated carbocycles. The molecular weight excluding hydrogens is 271 g/mol. The van der Waals surface area contributed by atoms with E-state index in [0.717, 1.165) is 4.90 Å². The van der Waals surface area contributed by atoms with E-state index in [9.17, 15) is 14.0 Å². The van der Waals surface area contributed by atoms with E-state index < -0.39 is 11.9 Å². The van der Waals surface area contributed by atoms with Crippen LogP contribution in [0.3, 0.4) is 0 Å². The van der Waals surface area contributed by atoms with Crippen molar-refractivity contribution in [2.24, 2.45) is 0 Å². The first-order valence-electron chi connectivity index (χ1n) is 6.59. The van der Waals surface area contributed by atoms with Crippen LogP contribution in [0.25, 0.3) is 0 Å². The molecule has 1 N–H and O–H groups in total.